The number of imide groups is 1. The van der Waals surface area contributed by atoms with Gasteiger partial charge in [-0.15, -0.1) is 0 Å². The quantitative estimate of drug-likeness (QED) is 0.177. The summed E-state index contributed by atoms with van der Waals surface area (Å²) in [7, 11) is 0. The molecular weight excluding hydrogens is 527 g/mol. The van der Waals surface area contributed by atoms with Gasteiger partial charge in [0.1, 0.15) is 0 Å². The monoisotopic (exact) mass is 548 g/mol. The average Bonchev–Trinajstić information content (AvgIpc) is 3.37. The van der Waals surface area contributed by atoms with E-state index < -0.39 is 11.1 Å². The zero-order valence-electron chi connectivity index (χ0n) is 19.9. The Kier molecular flexibility index (Phi) is 7.24. The first-order chi connectivity index (χ1) is 17.9. The van der Waals surface area contributed by atoms with E-state index >= 15 is 0 Å². The lowest BCUT2D eigenvalue weighted by atomic mass is 10.1. The minimum absolute atomic E-state index is 0.285. The first-order valence-corrected chi connectivity index (χ1v) is 13.3. The second-order valence-corrected chi connectivity index (χ2v) is 10.5. The fourth-order valence-corrected chi connectivity index (χ4v) is 5.60. The topological polar surface area (TPSA) is 59.4 Å². The molecular formula is C29H22Cl2N2O3S. The molecule has 0 spiro atoms. The molecule has 4 aromatic rings. The van der Waals surface area contributed by atoms with Gasteiger partial charge in [0, 0.05) is 39.3 Å². The maximum absolute atomic E-state index is 13.2. The highest BCUT2D eigenvalue weighted by molar-refractivity contribution is 8.18. The van der Waals surface area contributed by atoms with Crippen molar-refractivity contribution in [2.24, 2.45) is 0 Å². The molecule has 0 aliphatic carbocycles. The highest BCUT2D eigenvalue weighted by atomic mass is 35.5. The Hall–Kier alpha value is -3.32. The van der Waals surface area contributed by atoms with Crippen molar-refractivity contribution in [2.45, 2.75) is 19.9 Å². The van der Waals surface area contributed by atoms with Crippen LogP contribution in [0.3, 0.4) is 0 Å². The van der Waals surface area contributed by atoms with Gasteiger partial charge in [-0.25, -0.2) is 0 Å². The standard InChI is InChI=1S/C29H22Cl2N2O3S/c1-2-18-7-5-8-23-21(16-32(27(18)23)15-20-6-3-4-9-24(20)31)14-26-28(35)33(29(36)37-26)17-25(34)19-10-12-22(30)13-11-19/h3-14,16H,2,15,17H2,1H3/b26-14-. The number of rotatable bonds is 7. The first-order valence-electron chi connectivity index (χ1n) is 11.7. The molecule has 0 radical (unpaired) electrons. The summed E-state index contributed by atoms with van der Waals surface area (Å²) in [5.41, 5.74) is 4.44. The van der Waals surface area contributed by atoms with Gasteiger partial charge >= 0.3 is 0 Å². The molecule has 1 saturated heterocycles. The van der Waals surface area contributed by atoms with E-state index in [2.05, 4.69) is 17.6 Å². The fourth-order valence-electron chi connectivity index (χ4n) is 4.45. The molecule has 5 rings (SSSR count). The molecule has 1 aliphatic heterocycles. The molecule has 0 saturated carbocycles. The van der Waals surface area contributed by atoms with Crippen LogP contribution < -0.4 is 0 Å². The van der Waals surface area contributed by atoms with Crippen LogP contribution in [0.4, 0.5) is 4.79 Å². The van der Waals surface area contributed by atoms with Crippen molar-refractivity contribution in [3.8, 4) is 0 Å². The zero-order chi connectivity index (χ0) is 26.1. The largest absolute Gasteiger partial charge is 0.342 e. The number of thioether (sulfide) groups is 1. The fraction of sp³-hybridized carbons (Fsp3) is 0.138. The van der Waals surface area contributed by atoms with Crippen LogP contribution in [-0.2, 0) is 17.8 Å². The molecule has 0 atom stereocenters. The predicted octanol–water partition coefficient (Wildman–Crippen LogP) is 7.48. The number of carbonyl (C=O) groups excluding carboxylic acids is 3. The lowest BCUT2D eigenvalue weighted by molar-refractivity contribution is -0.122. The number of nitrogens with zero attached hydrogens (tertiary/aromatic N) is 2. The van der Waals surface area contributed by atoms with Gasteiger partial charge in [-0.2, -0.15) is 0 Å². The van der Waals surface area contributed by atoms with Gasteiger partial charge in [0.2, 0.25) is 0 Å². The zero-order valence-corrected chi connectivity index (χ0v) is 22.2. The Morgan fingerprint density at radius 1 is 0.946 bits per heavy atom. The molecule has 5 nitrogen and oxygen atoms in total. The highest BCUT2D eigenvalue weighted by Crippen LogP contribution is 2.35. The van der Waals surface area contributed by atoms with Crippen molar-refractivity contribution in [3.63, 3.8) is 0 Å². The third-order valence-electron chi connectivity index (χ3n) is 6.32. The summed E-state index contributed by atoms with van der Waals surface area (Å²) in [5, 5.41) is 1.71. The number of halogens is 2. The van der Waals surface area contributed by atoms with Gasteiger partial charge in [0.25, 0.3) is 11.1 Å². The van der Waals surface area contributed by atoms with E-state index in [0.29, 0.717) is 22.2 Å². The van der Waals surface area contributed by atoms with Crippen molar-refractivity contribution < 1.29 is 14.4 Å². The molecule has 0 unspecified atom stereocenters. The first kappa shape index (κ1) is 25.3. The summed E-state index contributed by atoms with van der Waals surface area (Å²) in [4.78, 5) is 39.8. The molecule has 1 aromatic heterocycles. The van der Waals surface area contributed by atoms with Gasteiger partial charge in [-0.3, -0.25) is 19.3 Å². The van der Waals surface area contributed by atoms with Crippen LogP contribution in [-0.4, -0.2) is 32.9 Å². The third kappa shape index (κ3) is 5.10. The molecule has 1 aliphatic rings. The summed E-state index contributed by atoms with van der Waals surface area (Å²) in [6, 6.07) is 20.2. The van der Waals surface area contributed by atoms with E-state index in [1.165, 1.54) is 5.56 Å². The number of amides is 2. The SMILES string of the molecule is CCc1cccc2c(/C=C3\SC(=O)N(CC(=O)c4ccc(Cl)cc4)C3=O)cn(Cc3ccccc3Cl)c12. The smallest absolute Gasteiger partial charge is 0.293 e. The number of para-hydroxylation sites is 1. The van der Waals surface area contributed by atoms with Crippen molar-refractivity contribution in [2.75, 3.05) is 6.54 Å². The lowest BCUT2D eigenvalue weighted by Gasteiger charge is -2.11. The minimum atomic E-state index is -0.476. The summed E-state index contributed by atoms with van der Waals surface area (Å²) < 4.78 is 2.13. The molecule has 0 N–H and O–H groups in total. The Bertz CT molecular complexity index is 1570. The highest BCUT2D eigenvalue weighted by Gasteiger charge is 2.36. The maximum Gasteiger partial charge on any atom is 0.293 e. The van der Waals surface area contributed by atoms with Crippen LogP contribution in [0.1, 0.15) is 34.0 Å². The summed E-state index contributed by atoms with van der Waals surface area (Å²) in [5.74, 6) is -0.805. The van der Waals surface area contributed by atoms with Gasteiger partial charge in [-0.05, 0) is 65.7 Å². The van der Waals surface area contributed by atoms with Crippen LogP contribution in [0.5, 0.6) is 0 Å². The number of hydrogen-bond donors (Lipinski definition) is 0. The Morgan fingerprint density at radius 3 is 2.41 bits per heavy atom. The Labute approximate surface area is 228 Å². The van der Waals surface area contributed by atoms with E-state index in [-0.39, 0.29) is 17.2 Å². The molecule has 0 bridgehead atoms. The van der Waals surface area contributed by atoms with E-state index in [0.717, 1.165) is 45.1 Å². The second-order valence-electron chi connectivity index (χ2n) is 8.67. The van der Waals surface area contributed by atoms with Crippen molar-refractivity contribution in [1.29, 1.82) is 0 Å². The van der Waals surface area contributed by atoms with Gasteiger partial charge in [-0.1, -0.05) is 66.5 Å². The number of Topliss-reactive ketones (excluding diaryl/α,β-unsaturated/α-hetero) is 1. The Balaban J connectivity index is 1.48. The number of benzene rings is 3. The number of aryl methyl sites for hydroxylation is 1. The van der Waals surface area contributed by atoms with Gasteiger partial charge in [0.05, 0.1) is 17.0 Å². The van der Waals surface area contributed by atoms with Crippen molar-refractivity contribution in [1.82, 2.24) is 9.47 Å². The number of aromatic nitrogens is 1. The lowest BCUT2D eigenvalue weighted by Crippen LogP contribution is -2.33. The molecule has 2 heterocycles. The average molecular weight is 549 g/mol. The van der Waals surface area contributed by atoms with E-state index in [4.69, 9.17) is 23.2 Å². The van der Waals surface area contributed by atoms with Crippen molar-refractivity contribution in [3.05, 3.63) is 110 Å². The number of ketones is 1. The molecule has 8 heteroatoms. The summed E-state index contributed by atoms with van der Waals surface area (Å²) >= 11 is 13.2. The number of hydrogen-bond acceptors (Lipinski definition) is 4. The van der Waals surface area contributed by atoms with Crippen LogP contribution in [0.25, 0.3) is 17.0 Å². The summed E-state index contributed by atoms with van der Waals surface area (Å²) in [6.07, 6.45) is 4.56. The second kappa shape index (κ2) is 10.6. The molecule has 2 amide bonds. The van der Waals surface area contributed by atoms with Crippen LogP contribution in [0.2, 0.25) is 10.0 Å². The van der Waals surface area contributed by atoms with Gasteiger partial charge < -0.3 is 4.57 Å². The third-order valence-corrected chi connectivity index (χ3v) is 7.85. The summed E-state index contributed by atoms with van der Waals surface area (Å²) in [6.45, 7) is 2.35. The van der Waals surface area contributed by atoms with E-state index in [9.17, 15) is 14.4 Å². The van der Waals surface area contributed by atoms with Crippen LogP contribution >= 0.6 is 35.0 Å². The van der Waals surface area contributed by atoms with Gasteiger partial charge in [0.15, 0.2) is 5.78 Å². The van der Waals surface area contributed by atoms with E-state index in [1.807, 2.05) is 42.6 Å². The van der Waals surface area contributed by atoms with Crippen molar-refractivity contribution >= 4 is 68.9 Å². The Morgan fingerprint density at radius 2 is 1.68 bits per heavy atom. The van der Waals surface area contributed by atoms with Crippen LogP contribution in [0, 0.1) is 0 Å². The predicted molar refractivity (Wildman–Crippen MR) is 150 cm³/mol. The van der Waals surface area contributed by atoms with Crippen LogP contribution in [0.15, 0.2) is 77.8 Å². The maximum atomic E-state index is 13.2. The molecule has 1 fully saturated rings. The molecule has 37 heavy (non-hydrogen) atoms. The normalized spacial score (nSPS) is 14.8. The van der Waals surface area contributed by atoms with E-state index in [1.54, 1.807) is 30.3 Å². The number of carbonyl (C=O) groups is 3. The minimum Gasteiger partial charge on any atom is -0.342 e. The number of fused-ring (bicyclic) bond motifs is 1. The molecule has 186 valence electrons. The molecule has 3 aromatic carbocycles.